The molecule has 1 aromatic heterocycles. The van der Waals surface area contributed by atoms with Crippen LogP contribution < -0.4 is 16.2 Å². The Hall–Kier alpha value is -2.14. The van der Waals surface area contributed by atoms with Crippen LogP contribution in [-0.2, 0) is 0 Å². The summed E-state index contributed by atoms with van der Waals surface area (Å²) in [6, 6.07) is 10.1. The second-order valence-corrected chi connectivity index (χ2v) is 5.07. The Morgan fingerprint density at radius 2 is 1.80 bits per heavy atom. The minimum atomic E-state index is 0.241. The summed E-state index contributed by atoms with van der Waals surface area (Å²) < 4.78 is 0. The molecule has 0 amide bonds. The van der Waals surface area contributed by atoms with Gasteiger partial charge in [0.1, 0.15) is 17.5 Å². The summed E-state index contributed by atoms with van der Waals surface area (Å²) in [6.07, 6.45) is 0. The monoisotopic (exact) mass is 271 g/mol. The minimum Gasteiger partial charge on any atom is -0.329 e. The highest BCUT2D eigenvalue weighted by molar-refractivity contribution is 5.66. The van der Waals surface area contributed by atoms with E-state index in [1.807, 2.05) is 49.2 Å². The molecule has 1 aromatic carbocycles. The Balaban J connectivity index is 2.52. The van der Waals surface area contributed by atoms with E-state index in [4.69, 9.17) is 5.84 Å². The predicted octanol–water partition coefficient (Wildman–Crippen LogP) is 2.96. The zero-order valence-electron chi connectivity index (χ0n) is 12.4. The number of nitrogens with two attached hydrogens (primary N) is 1. The van der Waals surface area contributed by atoms with E-state index in [0.29, 0.717) is 5.82 Å². The van der Waals surface area contributed by atoms with Gasteiger partial charge in [0, 0.05) is 24.2 Å². The highest BCUT2D eigenvalue weighted by Gasteiger charge is 2.16. The lowest BCUT2D eigenvalue weighted by atomic mass is 10.2. The molecular formula is C15H21N5. The number of hydrogen-bond acceptors (Lipinski definition) is 5. The fraction of sp³-hybridized carbons (Fsp3) is 0.333. The van der Waals surface area contributed by atoms with Gasteiger partial charge in [0.15, 0.2) is 0 Å². The molecule has 0 bridgehead atoms. The van der Waals surface area contributed by atoms with Gasteiger partial charge in [-0.2, -0.15) is 0 Å². The van der Waals surface area contributed by atoms with Crippen LogP contribution in [0.2, 0.25) is 0 Å². The summed E-state index contributed by atoms with van der Waals surface area (Å²) in [7, 11) is 2.00. The lowest BCUT2D eigenvalue weighted by Crippen LogP contribution is -2.19. The number of anilines is 3. The van der Waals surface area contributed by atoms with E-state index >= 15 is 0 Å². The Bertz CT molecular complexity index is 580. The highest BCUT2D eigenvalue weighted by atomic mass is 15.3. The van der Waals surface area contributed by atoms with Crippen molar-refractivity contribution in [3.63, 3.8) is 0 Å². The number of para-hydroxylation sites is 1. The van der Waals surface area contributed by atoms with Crippen LogP contribution in [0.4, 0.5) is 17.3 Å². The molecule has 0 aliphatic carbocycles. The molecule has 0 saturated heterocycles. The number of nitrogen functional groups attached to an aromatic ring is 1. The van der Waals surface area contributed by atoms with Gasteiger partial charge in [-0.15, -0.1) is 0 Å². The summed E-state index contributed by atoms with van der Waals surface area (Å²) in [5.41, 5.74) is 4.67. The van der Waals surface area contributed by atoms with Gasteiger partial charge in [0.05, 0.1) is 0 Å². The number of nitrogens with zero attached hydrogens (tertiary/aromatic N) is 3. The zero-order chi connectivity index (χ0) is 14.7. The van der Waals surface area contributed by atoms with E-state index < -0.39 is 0 Å². The number of nitrogens with one attached hydrogen (secondary N) is 1. The van der Waals surface area contributed by atoms with E-state index in [9.17, 15) is 0 Å². The molecule has 0 saturated carbocycles. The van der Waals surface area contributed by atoms with Crippen LogP contribution in [0.3, 0.4) is 0 Å². The van der Waals surface area contributed by atoms with E-state index in [-0.39, 0.29) is 5.92 Å². The van der Waals surface area contributed by atoms with Crippen molar-refractivity contribution in [1.82, 2.24) is 9.97 Å². The molecule has 5 nitrogen and oxygen atoms in total. The van der Waals surface area contributed by atoms with Crippen LogP contribution in [0.1, 0.15) is 31.2 Å². The van der Waals surface area contributed by atoms with Crippen molar-refractivity contribution >= 4 is 17.3 Å². The average Bonchev–Trinajstić information content (AvgIpc) is 2.47. The molecule has 5 heteroatoms. The first-order chi connectivity index (χ1) is 9.54. The number of hydrazine groups is 1. The molecule has 0 aliphatic heterocycles. The Kier molecular flexibility index (Phi) is 4.20. The summed E-state index contributed by atoms with van der Waals surface area (Å²) >= 11 is 0. The summed E-state index contributed by atoms with van der Waals surface area (Å²) in [6.45, 7) is 6.10. The quantitative estimate of drug-likeness (QED) is 0.661. The van der Waals surface area contributed by atoms with Crippen molar-refractivity contribution < 1.29 is 0 Å². The number of aromatic nitrogens is 2. The van der Waals surface area contributed by atoms with Crippen LogP contribution in [0, 0.1) is 6.92 Å². The maximum Gasteiger partial charge on any atom is 0.148 e. The summed E-state index contributed by atoms with van der Waals surface area (Å²) in [5.74, 6) is 8.12. The number of benzene rings is 1. The fourth-order valence-electron chi connectivity index (χ4n) is 2.02. The topological polar surface area (TPSA) is 67.1 Å². The maximum atomic E-state index is 5.57. The van der Waals surface area contributed by atoms with Crippen molar-refractivity contribution in [2.75, 3.05) is 17.4 Å². The van der Waals surface area contributed by atoms with Crippen molar-refractivity contribution in [3.8, 4) is 0 Å². The molecule has 0 spiro atoms. The standard InChI is InChI=1S/C15H21N5/c1-10(2)13-17-14(19-16)11(3)15(18-13)20(4)12-8-6-5-7-9-12/h5-10H,16H2,1-4H3,(H,17,18,19). The zero-order valence-corrected chi connectivity index (χ0v) is 12.4. The molecule has 0 aliphatic rings. The molecule has 0 fully saturated rings. The largest absolute Gasteiger partial charge is 0.329 e. The third-order valence-electron chi connectivity index (χ3n) is 3.25. The van der Waals surface area contributed by atoms with Crippen LogP contribution in [0.5, 0.6) is 0 Å². The average molecular weight is 271 g/mol. The summed E-state index contributed by atoms with van der Waals surface area (Å²) in [5, 5.41) is 0. The van der Waals surface area contributed by atoms with Crippen molar-refractivity contribution in [3.05, 3.63) is 41.7 Å². The highest BCUT2D eigenvalue weighted by Crippen LogP contribution is 2.29. The van der Waals surface area contributed by atoms with Crippen LogP contribution >= 0.6 is 0 Å². The smallest absolute Gasteiger partial charge is 0.148 e. The Morgan fingerprint density at radius 1 is 1.15 bits per heavy atom. The third-order valence-corrected chi connectivity index (χ3v) is 3.25. The molecule has 0 atom stereocenters. The van der Waals surface area contributed by atoms with Gasteiger partial charge in [-0.25, -0.2) is 15.8 Å². The molecule has 0 radical (unpaired) electrons. The van der Waals surface area contributed by atoms with Gasteiger partial charge in [0.2, 0.25) is 0 Å². The molecule has 3 N–H and O–H groups in total. The maximum absolute atomic E-state index is 5.57. The first-order valence-electron chi connectivity index (χ1n) is 6.68. The Labute approximate surface area is 119 Å². The molecule has 1 heterocycles. The lowest BCUT2D eigenvalue weighted by molar-refractivity contribution is 0.770. The van der Waals surface area contributed by atoms with E-state index in [0.717, 1.165) is 22.9 Å². The Morgan fingerprint density at radius 3 is 2.35 bits per heavy atom. The lowest BCUT2D eigenvalue weighted by Gasteiger charge is -2.22. The summed E-state index contributed by atoms with van der Waals surface area (Å²) in [4.78, 5) is 11.2. The second-order valence-electron chi connectivity index (χ2n) is 5.07. The van der Waals surface area contributed by atoms with Gasteiger partial charge in [-0.1, -0.05) is 32.0 Å². The SMILES string of the molecule is Cc1c(NN)nc(C(C)C)nc1N(C)c1ccccc1. The third kappa shape index (κ3) is 2.72. The van der Waals surface area contributed by atoms with Crippen molar-refractivity contribution in [2.45, 2.75) is 26.7 Å². The van der Waals surface area contributed by atoms with Gasteiger partial charge in [-0.05, 0) is 19.1 Å². The van der Waals surface area contributed by atoms with Gasteiger partial charge >= 0.3 is 0 Å². The van der Waals surface area contributed by atoms with Crippen LogP contribution in [0.25, 0.3) is 0 Å². The van der Waals surface area contributed by atoms with Crippen LogP contribution in [0.15, 0.2) is 30.3 Å². The second kappa shape index (κ2) is 5.88. The normalized spacial score (nSPS) is 10.7. The van der Waals surface area contributed by atoms with Crippen molar-refractivity contribution in [1.29, 1.82) is 0 Å². The molecule has 20 heavy (non-hydrogen) atoms. The van der Waals surface area contributed by atoms with E-state index in [2.05, 4.69) is 29.2 Å². The molecule has 106 valence electrons. The van der Waals surface area contributed by atoms with Gasteiger partial charge in [-0.3, -0.25) is 0 Å². The molecule has 0 unspecified atom stereocenters. The minimum absolute atomic E-state index is 0.241. The first kappa shape index (κ1) is 14.3. The van der Waals surface area contributed by atoms with E-state index in [1.165, 1.54) is 0 Å². The molecular weight excluding hydrogens is 250 g/mol. The number of rotatable bonds is 4. The van der Waals surface area contributed by atoms with Gasteiger partial charge in [0.25, 0.3) is 0 Å². The van der Waals surface area contributed by atoms with Gasteiger partial charge < -0.3 is 10.3 Å². The number of hydrogen-bond donors (Lipinski definition) is 2. The fourth-order valence-corrected chi connectivity index (χ4v) is 2.02. The predicted molar refractivity (Wildman–Crippen MR) is 83.2 cm³/mol. The molecule has 2 rings (SSSR count). The van der Waals surface area contributed by atoms with Crippen molar-refractivity contribution in [2.24, 2.45) is 5.84 Å². The van der Waals surface area contributed by atoms with E-state index in [1.54, 1.807) is 0 Å². The molecule has 2 aromatic rings. The first-order valence-corrected chi connectivity index (χ1v) is 6.68. The van der Waals surface area contributed by atoms with Crippen LogP contribution in [-0.4, -0.2) is 17.0 Å².